The molecule has 0 bridgehead atoms. The Balaban J connectivity index is 0.00000324. The lowest BCUT2D eigenvalue weighted by Crippen LogP contribution is -2.52. The summed E-state index contributed by atoms with van der Waals surface area (Å²) in [7, 11) is 1.72. The van der Waals surface area contributed by atoms with Crippen LogP contribution in [0.5, 0.6) is 0 Å². The first kappa shape index (κ1) is 25.2. The van der Waals surface area contributed by atoms with Gasteiger partial charge in [-0.15, -0.1) is 0 Å². The second-order valence-electron chi connectivity index (χ2n) is 8.09. The molecule has 4 rings (SSSR count). The van der Waals surface area contributed by atoms with Crippen molar-refractivity contribution in [3.05, 3.63) is 42.0 Å². The van der Waals surface area contributed by atoms with E-state index in [-0.39, 0.29) is 38.0 Å². The topological polar surface area (TPSA) is 121 Å². The number of ether oxygens (including phenoxy) is 2. The van der Waals surface area contributed by atoms with Crippen LogP contribution in [0.1, 0.15) is 19.4 Å². The summed E-state index contributed by atoms with van der Waals surface area (Å²) in [5.74, 6) is -0.689. The Bertz CT molecular complexity index is 991. The molecule has 2 saturated heterocycles. The SMILES string of the molecule is C.COC1CN(c2cnc(N3CCN(c4cccc(COC(=O)CC(=N)N)c4F)CC3)nc2)C1. The normalized spacial score (nSPS) is 16.0. The van der Waals surface area contributed by atoms with E-state index in [0.717, 1.165) is 18.8 Å². The predicted octanol–water partition coefficient (Wildman–Crippen LogP) is 1.78. The molecule has 0 unspecified atom stereocenters. The molecule has 0 spiro atoms. The van der Waals surface area contributed by atoms with Crippen LogP contribution in [0.25, 0.3) is 0 Å². The molecule has 34 heavy (non-hydrogen) atoms. The number of nitrogens with one attached hydrogen (secondary N) is 1. The third-order valence-corrected chi connectivity index (χ3v) is 5.86. The molecule has 11 heteroatoms. The molecule has 0 saturated carbocycles. The second kappa shape index (κ2) is 11.1. The molecule has 2 aliphatic rings. The Morgan fingerprint density at radius 2 is 1.79 bits per heavy atom. The van der Waals surface area contributed by atoms with Crippen molar-refractivity contribution in [3.63, 3.8) is 0 Å². The van der Waals surface area contributed by atoms with Crippen LogP contribution in [0, 0.1) is 11.2 Å². The van der Waals surface area contributed by atoms with Crippen molar-refractivity contribution < 1.29 is 18.7 Å². The van der Waals surface area contributed by atoms with Gasteiger partial charge >= 0.3 is 5.97 Å². The standard InChI is InChI=1S/C22H28FN7O3.CH4/c1-32-17-12-30(13-17)16-10-26-22(27-11-16)29-7-5-28(6-8-29)18-4-2-3-15(21(18)23)14-33-20(31)9-19(24)25;/h2-4,10-11,17H,5-9,12-14H2,1H3,(H3,24,25);1H4. The highest BCUT2D eigenvalue weighted by molar-refractivity contribution is 5.94. The van der Waals surface area contributed by atoms with Crippen molar-refractivity contribution in [1.29, 1.82) is 5.41 Å². The number of anilines is 3. The van der Waals surface area contributed by atoms with Crippen molar-refractivity contribution in [3.8, 4) is 0 Å². The Labute approximate surface area is 199 Å². The number of rotatable bonds is 8. The number of aromatic nitrogens is 2. The third-order valence-electron chi connectivity index (χ3n) is 5.86. The molecule has 2 aliphatic heterocycles. The van der Waals surface area contributed by atoms with Crippen LogP contribution >= 0.6 is 0 Å². The number of hydrogen-bond acceptors (Lipinski definition) is 9. The van der Waals surface area contributed by atoms with Gasteiger partial charge in [0, 0.05) is 51.9 Å². The summed E-state index contributed by atoms with van der Waals surface area (Å²) in [4.78, 5) is 26.8. The smallest absolute Gasteiger partial charge is 0.313 e. The van der Waals surface area contributed by atoms with Crippen LogP contribution in [0.4, 0.5) is 21.7 Å². The highest BCUT2D eigenvalue weighted by Crippen LogP contribution is 2.26. The van der Waals surface area contributed by atoms with Gasteiger partial charge in [-0.1, -0.05) is 19.6 Å². The molecule has 3 N–H and O–H groups in total. The monoisotopic (exact) mass is 473 g/mol. The maximum atomic E-state index is 15.1. The quantitative estimate of drug-likeness (QED) is 0.336. The minimum absolute atomic E-state index is 0. The fourth-order valence-electron chi connectivity index (χ4n) is 3.87. The van der Waals surface area contributed by atoms with Gasteiger partial charge in [0.1, 0.15) is 18.9 Å². The molecule has 1 aromatic heterocycles. The van der Waals surface area contributed by atoms with Gasteiger partial charge in [0.05, 0.1) is 29.9 Å². The number of halogens is 1. The first-order valence-corrected chi connectivity index (χ1v) is 10.8. The zero-order valence-electron chi connectivity index (χ0n) is 18.5. The van der Waals surface area contributed by atoms with Crippen molar-refractivity contribution >= 4 is 29.1 Å². The number of amidine groups is 1. The van der Waals surface area contributed by atoms with E-state index in [0.29, 0.717) is 37.8 Å². The summed E-state index contributed by atoms with van der Waals surface area (Å²) >= 11 is 0. The maximum absolute atomic E-state index is 15.1. The first-order valence-electron chi connectivity index (χ1n) is 10.8. The number of carbonyl (C=O) groups excluding carboxylic acids is 1. The average Bonchev–Trinajstić information content (AvgIpc) is 2.78. The predicted molar refractivity (Wildman–Crippen MR) is 129 cm³/mol. The Kier molecular flexibility index (Phi) is 8.21. The lowest BCUT2D eigenvalue weighted by Gasteiger charge is -2.39. The van der Waals surface area contributed by atoms with Crippen LogP contribution in [0.3, 0.4) is 0 Å². The summed E-state index contributed by atoms with van der Waals surface area (Å²) in [5, 5.41) is 7.13. The zero-order chi connectivity index (χ0) is 23.4. The molecule has 184 valence electrons. The number of carbonyl (C=O) groups is 1. The highest BCUT2D eigenvalue weighted by Gasteiger charge is 2.27. The molecular weight excluding hydrogens is 441 g/mol. The first-order chi connectivity index (χ1) is 15.9. The van der Waals surface area contributed by atoms with Gasteiger partial charge < -0.3 is 29.9 Å². The van der Waals surface area contributed by atoms with Crippen LogP contribution in [0.2, 0.25) is 0 Å². The van der Waals surface area contributed by atoms with Gasteiger partial charge in [-0.05, 0) is 6.07 Å². The molecule has 1 aromatic carbocycles. The summed E-state index contributed by atoms with van der Waals surface area (Å²) in [6.07, 6.45) is 3.62. The summed E-state index contributed by atoms with van der Waals surface area (Å²) in [6.45, 7) is 4.03. The van der Waals surface area contributed by atoms with Gasteiger partial charge in [-0.25, -0.2) is 14.4 Å². The minimum atomic E-state index is -0.653. The molecule has 2 fully saturated rings. The third kappa shape index (κ3) is 5.71. The van der Waals surface area contributed by atoms with E-state index >= 15 is 4.39 Å². The van der Waals surface area contributed by atoms with Gasteiger partial charge in [-0.2, -0.15) is 0 Å². The van der Waals surface area contributed by atoms with Crippen molar-refractivity contribution in [1.82, 2.24) is 9.97 Å². The van der Waals surface area contributed by atoms with E-state index in [9.17, 15) is 4.79 Å². The van der Waals surface area contributed by atoms with Gasteiger partial charge in [-0.3, -0.25) is 10.2 Å². The van der Waals surface area contributed by atoms with Crippen LogP contribution in [-0.2, 0) is 20.9 Å². The van der Waals surface area contributed by atoms with Crippen LogP contribution < -0.4 is 20.4 Å². The van der Waals surface area contributed by atoms with Crippen molar-refractivity contribution in [2.75, 3.05) is 61.1 Å². The van der Waals surface area contributed by atoms with E-state index in [4.69, 9.17) is 20.6 Å². The van der Waals surface area contributed by atoms with Crippen molar-refractivity contribution in [2.24, 2.45) is 5.73 Å². The molecular formula is C23H32FN7O3. The van der Waals surface area contributed by atoms with Crippen LogP contribution in [0.15, 0.2) is 30.6 Å². The summed E-state index contributed by atoms with van der Waals surface area (Å²) in [5.41, 5.74) is 6.92. The zero-order valence-corrected chi connectivity index (χ0v) is 18.5. The Hall–Kier alpha value is -3.47. The number of nitrogens with two attached hydrogens (primary N) is 1. The number of esters is 1. The molecule has 2 aromatic rings. The molecule has 10 nitrogen and oxygen atoms in total. The molecule has 0 amide bonds. The van der Waals surface area contributed by atoms with Gasteiger partial charge in [0.2, 0.25) is 5.95 Å². The van der Waals surface area contributed by atoms with Gasteiger partial charge in [0.25, 0.3) is 0 Å². The lowest BCUT2D eigenvalue weighted by molar-refractivity contribution is -0.143. The largest absolute Gasteiger partial charge is 0.460 e. The number of nitrogens with zero attached hydrogens (tertiary/aromatic N) is 5. The molecule has 0 aliphatic carbocycles. The highest BCUT2D eigenvalue weighted by atomic mass is 19.1. The summed E-state index contributed by atoms with van der Waals surface area (Å²) in [6, 6.07) is 5.04. The Morgan fingerprint density at radius 3 is 2.41 bits per heavy atom. The second-order valence-corrected chi connectivity index (χ2v) is 8.09. The van der Waals surface area contributed by atoms with E-state index < -0.39 is 11.8 Å². The maximum Gasteiger partial charge on any atom is 0.313 e. The van der Waals surface area contributed by atoms with E-state index in [1.807, 2.05) is 17.3 Å². The summed E-state index contributed by atoms with van der Waals surface area (Å²) < 4.78 is 25.4. The lowest BCUT2D eigenvalue weighted by atomic mass is 10.1. The number of methoxy groups -OCH3 is 1. The van der Waals surface area contributed by atoms with E-state index in [1.165, 1.54) is 0 Å². The van der Waals surface area contributed by atoms with Crippen molar-refractivity contribution in [2.45, 2.75) is 26.6 Å². The molecule has 0 atom stereocenters. The van der Waals surface area contributed by atoms with Crippen LogP contribution in [-0.4, -0.2) is 74.3 Å². The molecule has 3 heterocycles. The van der Waals surface area contributed by atoms with E-state index in [2.05, 4.69) is 19.8 Å². The molecule has 0 radical (unpaired) electrons. The van der Waals surface area contributed by atoms with E-state index in [1.54, 1.807) is 25.3 Å². The Morgan fingerprint density at radius 1 is 1.15 bits per heavy atom. The average molecular weight is 474 g/mol. The number of benzene rings is 1. The number of hydrogen-bond donors (Lipinski definition) is 2. The number of piperazine rings is 1. The van der Waals surface area contributed by atoms with Gasteiger partial charge in [0.15, 0.2) is 5.82 Å². The fraction of sp³-hybridized carbons (Fsp3) is 0.478. The fourth-order valence-corrected chi connectivity index (χ4v) is 3.87. The minimum Gasteiger partial charge on any atom is -0.460 e.